The molecule has 1 heterocycles. The smallest absolute Gasteiger partial charge is 0.396 e. The van der Waals surface area contributed by atoms with E-state index >= 15 is 0 Å². The Balaban J connectivity index is 2.38. The van der Waals surface area contributed by atoms with Gasteiger partial charge in [-0.05, 0) is 31.5 Å². The molecular weight excluding hydrogens is 267 g/mol. The van der Waals surface area contributed by atoms with Crippen molar-refractivity contribution in [2.75, 3.05) is 11.1 Å². The average molecular weight is 281 g/mol. The summed E-state index contributed by atoms with van der Waals surface area (Å²) in [6.45, 7) is 3.82. The number of hydrogen-bond donors (Lipinski definition) is 2. The molecule has 0 fully saturated rings. The third-order valence-corrected chi connectivity index (χ3v) is 2.88. The summed E-state index contributed by atoms with van der Waals surface area (Å²) in [4.78, 5) is 3.30. The second-order valence-electron chi connectivity index (χ2n) is 4.60. The normalized spacial score (nSPS) is 11.4. The molecule has 0 aliphatic rings. The standard InChI is InChI=1S/C14H14F3N3/c1-8-3-4-11(9(2)5-8)20-12-6-13(14(15,16)17)19-7-10(12)18/h3-7H,18H2,1-2H3,(H,19,20). The quantitative estimate of drug-likeness (QED) is 0.873. The van der Waals surface area contributed by atoms with Gasteiger partial charge in [-0.15, -0.1) is 0 Å². The van der Waals surface area contributed by atoms with Crippen LogP contribution >= 0.6 is 0 Å². The Morgan fingerprint density at radius 2 is 1.80 bits per heavy atom. The Bertz CT molecular complexity index is 636. The van der Waals surface area contributed by atoms with Crippen LogP contribution in [0.25, 0.3) is 0 Å². The molecule has 20 heavy (non-hydrogen) atoms. The Kier molecular flexibility index (Phi) is 3.57. The zero-order valence-corrected chi connectivity index (χ0v) is 11.0. The molecule has 3 nitrogen and oxygen atoms in total. The predicted molar refractivity (Wildman–Crippen MR) is 72.9 cm³/mol. The van der Waals surface area contributed by atoms with Gasteiger partial charge < -0.3 is 11.1 Å². The fourth-order valence-corrected chi connectivity index (χ4v) is 1.83. The van der Waals surface area contributed by atoms with E-state index in [2.05, 4.69) is 10.3 Å². The maximum atomic E-state index is 12.6. The highest BCUT2D eigenvalue weighted by atomic mass is 19.4. The van der Waals surface area contributed by atoms with Crippen LogP contribution in [-0.4, -0.2) is 4.98 Å². The summed E-state index contributed by atoms with van der Waals surface area (Å²) in [6, 6.07) is 6.52. The molecule has 0 unspecified atom stereocenters. The van der Waals surface area contributed by atoms with Crippen molar-refractivity contribution in [2.45, 2.75) is 20.0 Å². The van der Waals surface area contributed by atoms with Gasteiger partial charge in [-0.25, -0.2) is 4.98 Å². The molecule has 0 saturated heterocycles. The van der Waals surface area contributed by atoms with Crippen molar-refractivity contribution >= 4 is 17.1 Å². The third-order valence-electron chi connectivity index (χ3n) is 2.88. The van der Waals surface area contributed by atoms with Crippen molar-refractivity contribution < 1.29 is 13.2 Å². The van der Waals surface area contributed by atoms with Gasteiger partial charge in [0, 0.05) is 5.69 Å². The topological polar surface area (TPSA) is 50.9 Å². The SMILES string of the molecule is Cc1ccc(Nc2cc(C(F)(F)F)ncc2N)c(C)c1. The molecule has 0 radical (unpaired) electrons. The number of aromatic nitrogens is 1. The first-order valence-electron chi connectivity index (χ1n) is 5.94. The highest BCUT2D eigenvalue weighted by molar-refractivity contribution is 5.73. The van der Waals surface area contributed by atoms with Gasteiger partial charge in [-0.3, -0.25) is 0 Å². The van der Waals surface area contributed by atoms with Gasteiger partial charge in [0.25, 0.3) is 0 Å². The molecule has 2 aromatic rings. The van der Waals surface area contributed by atoms with E-state index < -0.39 is 11.9 Å². The Labute approximate surface area is 114 Å². The maximum absolute atomic E-state index is 12.6. The van der Waals surface area contributed by atoms with Crippen LogP contribution in [0.4, 0.5) is 30.2 Å². The number of benzene rings is 1. The molecule has 0 aliphatic heterocycles. The molecule has 1 aromatic heterocycles. The Morgan fingerprint density at radius 3 is 2.40 bits per heavy atom. The molecule has 106 valence electrons. The van der Waals surface area contributed by atoms with Crippen LogP contribution in [0, 0.1) is 13.8 Å². The summed E-state index contributed by atoms with van der Waals surface area (Å²) < 4.78 is 37.9. The van der Waals surface area contributed by atoms with Crippen LogP contribution in [0.1, 0.15) is 16.8 Å². The van der Waals surface area contributed by atoms with Gasteiger partial charge >= 0.3 is 6.18 Å². The lowest BCUT2D eigenvalue weighted by atomic mass is 10.1. The monoisotopic (exact) mass is 281 g/mol. The van der Waals surface area contributed by atoms with Gasteiger partial charge in [-0.2, -0.15) is 13.2 Å². The minimum Gasteiger partial charge on any atom is -0.396 e. The van der Waals surface area contributed by atoms with Crippen molar-refractivity contribution in [3.63, 3.8) is 0 Å². The minimum absolute atomic E-state index is 0.165. The van der Waals surface area contributed by atoms with Crippen molar-refractivity contribution in [3.8, 4) is 0 Å². The summed E-state index contributed by atoms with van der Waals surface area (Å²) in [7, 11) is 0. The molecule has 6 heteroatoms. The lowest BCUT2D eigenvalue weighted by Crippen LogP contribution is -2.09. The van der Waals surface area contributed by atoms with Crippen LogP contribution in [0.3, 0.4) is 0 Å². The molecule has 2 rings (SSSR count). The summed E-state index contributed by atoms with van der Waals surface area (Å²) >= 11 is 0. The average Bonchev–Trinajstić information content (AvgIpc) is 2.33. The van der Waals surface area contributed by atoms with Gasteiger partial charge in [-0.1, -0.05) is 17.7 Å². The van der Waals surface area contributed by atoms with Gasteiger partial charge in [0.15, 0.2) is 0 Å². The number of pyridine rings is 1. The van der Waals surface area contributed by atoms with Crippen LogP contribution in [0.2, 0.25) is 0 Å². The lowest BCUT2D eigenvalue weighted by Gasteiger charge is -2.14. The fraction of sp³-hybridized carbons (Fsp3) is 0.214. The first kappa shape index (κ1) is 14.2. The first-order valence-corrected chi connectivity index (χ1v) is 5.94. The zero-order chi connectivity index (χ0) is 14.9. The van der Waals surface area contributed by atoms with Gasteiger partial charge in [0.05, 0.1) is 17.6 Å². The molecule has 0 bridgehead atoms. The van der Waals surface area contributed by atoms with Crippen LogP contribution < -0.4 is 11.1 Å². The van der Waals surface area contributed by atoms with E-state index in [1.807, 2.05) is 26.0 Å². The summed E-state index contributed by atoms with van der Waals surface area (Å²) in [5.41, 5.74) is 7.76. The maximum Gasteiger partial charge on any atom is 0.433 e. The number of rotatable bonds is 2. The predicted octanol–water partition coefficient (Wildman–Crippen LogP) is 4.04. The fourth-order valence-electron chi connectivity index (χ4n) is 1.83. The van der Waals surface area contributed by atoms with E-state index in [0.717, 1.165) is 23.4 Å². The number of alkyl halides is 3. The van der Waals surface area contributed by atoms with E-state index in [1.54, 1.807) is 6.07 Å². The van der Waals surface area contributed by atoms with Crippen LogP contribution in [0.5, 0.6) is 0 Å². The largest absolute Gasteiger partial charge is 0.433 e. The van der Waals surface area contributed by atoms with Crippen molar-refractivity contribution in [1.29, 1.82) is 0 Å². The second kappa shape index (κ2) is 5.03. The highest BCUT2D eigenvalue weighted by Crippen LogP contribution is 2.32. The molecular formula is C14H14F3N3. The van der Waals surface area contributed by atoms with E-state index in [1.165, 1.54) is 0 Å². The molecule has 3 N–H and O–H groups in total. The number of halogens is 3. The first-order chi connectivity index (χ1) is 9.27. The van der Waals surface area contributed by atoms with E-state index in [4.69, 9.17) is 5.73 Å². The number of nitrogens with one attached hydrogen (secondary N) is 1. The molecule has 0 saturated carbocycles. The Morgan fingerprint density at radius 1 is 1.10 bits per heavy atom. The van der Waals surface area contributed by atoms with Crippen molar-refractivity contribution in [2.24, 2.45) is 0 Å². The summed E-state index contributed by atoms with van der Waals surface area (Å²) in [5.74, 6) is 0. The van der Waals surface area contributed by atoms with Crippen molar-refractivity contribution in [1.82, 2.24) is 4.98 Å². The lowest BCUT2D eigenvalue weighted by molar-refractivity contribution is -0.141. The molecule has 0 aliphatic carbocycles. The summed E-state index contributed by atoms with van der Waals surface area (Å²) in [6.07, 6.45) is -3.48. The molecule has 0 spiro atoms. The van der Waals surface area contributed by atoms with Gasteiger partial charge in [0.1, 0.15) is 5.69 Å². The van der Waals surface area contributed by atoms with Gasteiger partial charge in [0.2, 0.25) is 0 Å². The van der Waals surface area contributed by atoms with E-state index in [0.29, 0.717) is 5.69 Å². The second-order valence-corrected chi connectivity index (χ2v) is 4.60. The zero-order valence-electron chi connectivity index (χ0n) is 11.0. The number of hydrogen-bond acceptors (Lipinski definition) is 3. The molecule has 0 amide bonds. The summed E-state index contributed by atoms with van der Waals surface area (Å²) in [5, 5.41) is 2.92. The highest BCUT2D eigenvalue weighted by Gasteiger charge is 2.33. The third kappa shape index (κ3) is 3.01. The van der Waals surface area contributed by atoms with Crippen molar-refractivity contribution in [3.05, 3.63) is 47.3 Å². The number of nitrogens with two attached hydrogens (primary N) is 1. The Hall–Kier alpha value is -2.24. The van der Waals surface area contributed by atoms with Crippen LogP contribution in [0.15, 0.2) is 30.5 Å². The number of anilines is 3. The minimum atomic E-state index is -4.49. The molecule has 0 atom stereocenters. The van der Waals surface area contributed by atoms with Crippen LogP contribution in [-0.2, 0) is 6.18 Å². The number of aryl methyl sites for hydroxylation is 2. The van der Waals surface area contributed by atoms with E-state index in [-0.39, 0.29) is 11.4 Å². The number of nitrogens with zero attached hydrogens (tertiary/aromatic N) is 1. The molecule has 1 aromatic carbocycles. The number of nitrogen functional groups attached to an aromatic ring is 1. The van der Waals surface area contributed by atoms with E-state index in [9.17, 15) is 13.2 Å².